The molecule has 4 heteroatoms. The van der Waals surface area contributed by atoms with Gasteiger partial charge < -0.3 is 10.8 Å². The highest BCUT2D eigenvalue weighted by molar-refractivity contribution is 5.75. The highest BCUT2D eigenvalue weighted by Crippen LogP contribution is 2.03. The third-order valence-corrected chi connectivity index (χ3v) is 1.55. The molecule has 0 fully saturated rings. The lowest BCUT2D eigenvalue weighted by molar-refractivity contribution is -0.138. The summed E-state index contributed by atoms with van der Waals surface area (Å²) >= 11 is 0. The van der Waals surface area contributed by atoms with Crippen molar-refractivity contribution in [3.05, 3.63) is 0 Å². The molecule has 0 bridgehead atoms. The van der Waals surface area contributed by atoms with Crippen LogP contribution in [0.15, 0.2) is 4.99 Å². The van der Waals surface area contributed by atoms with Crippen LogP contribution in [0.4, 0.5) is 0 Å². The van der Waals surface area contributed by atoms with E-state index >= 15 is 0 Å². The largest absolute Gasteiger partial charge is 0.480 e. The average Bonchev–Trinajstić information content (AvgIpc) is 2.03. The maximum atomic E-state index is 10.5. The second kappa shape index (κ2) is 6.79. The van der Waals surface area contributed by atoms with Crippen LogP contribution in [0.2, 0.25) is 0 Å². The molecular weight excluding hydrogens is 156 g/mol. The van der Waals surface area contributed by atoms with Crippen LogP contribution in [-0.4, -0.2) is 29.9 Å². The van der Waals surface area contributed by atoms with Crippen molar-refractivity contribution in [1.82, 2.24) is 0 Å². The minimum absolute atomic E-state index is 0.580. The van der Waals surface area contributed by atoms with E-state index in [1.165, 1.54) is 6.21 Å². The number of unbranched alkanes of at least 4 members (excludes halogenated alkanes) is 1. The summed E-state index contributed by atoms with van der Waals surface area (Å²) in [4.78, 5) is 14.4. The second-order valence-corrected chi connectivity index (χ2v) is 2.55. The molecular formula is C8H16N2O2. The molecule has 0 saturated carbocycles. The zero-order valence-corrected chi connectivity index (χ0v) is 7.36. The van der Waals surface area contributed by atoms with E-state index in [0.717, 1.165) is 12.8 Å². The first-order chi connectivity index (χ1) is 5.72. The van der Waals surface area contributed by atoms with Gasteiger partial charge in [0.1, 0.15) is 6.04 Å². The summed E-state index contributed by atoms with van der Waals surface area (Å²) in [7, 11) is 0. The number of hydrogen-bond acceptors (Lipinski definition) is 3. The van der Waals surface area contributed by atoms with Crippen LogP contribution in [0.25, 0.3) is 0 Å². The predicted molar refractivity (Wildman–Crippen MR) is 48.5 cm³/mol. The molecule has 0 spiro atoms. The Bertz CT molecular complexity index is 157. The van der Waals surface area contributed by atoms with E-state index in [9.17, 15) is 4.79 Å². The number of carbonyl (C=O) groups is 1. The molecule has 70 valence electrons. The number of nitrogens with two attached hydrogens (primary N) is 1. The second-order valence-electron chi connectivity index (χ2n) is 2.55. The van der Waals surface area contributed by atoms with Crippen LogP contribution in [0.1, 0.15) is 26.2 Å². The van der Waals surface area contributed by atoms with Crippen molar-refractivity contribution < 1.29 is 9.90 Å². The molecule has 0 aliphatic heterocycles. The monoisotopic (exact) mass is 172 g/mol. The molecule has 12 heavy (non-hydrogen) atoms. The lowest BCUT2D eigenvalue weighted by atomic mass is 10.1. The predicted octanol–water partition coefficient (Wildman–Crippen LogP) is 0.659. The minimum atomic E-state index is -0.856. The van der Waals surface area contributed by atoms with E-state index in [0.29, 0.717) is 13.0 Å². The van der Waals surface area contributed by atoms with E-state index in [2.05, 4.69) is 4.99 Å². The molecule has 0 aromatic heterocycles. The molecule has 0 unspecified atom stereocenters. The average molecular weight is 172 g/mol. The van der Waals surface area contributed by atoms with Gasteiger partial charge >= 0.3 is 5.97 Å². The summed E-state index contributed by atoms with van der Waals surface area (Å²) in [6.07, 6.45) is 3.80. The van der Waals surface area contributed by atoms with Gasteiger partial charge in [-0.25, -0.2) is 4.79 Å². The van der Waals surface area contributed by atoms with Crippen molar-refractivity contribution in [3.63, 3.8) is 0 Å². The quantitative estimate of drug-likeness (QED) is 0.456. The lowest BCUT2D eigenvalue weighted by Gasteiger charge is -2.05. The number of rotatable bonds is 6. The van der Waals surface area contributed by atoms with Gasteiger partial charge in [0.25, 0.3) is 0 Å². The van der Waals surface area contributed by atoms with Crippen molar-refractivity contribution >= 4 is 12.2 Å². The van der Waals surface area contributed by atoms with Gasteiger partial charge in [-0.1, -0.05) is 0 Å². The zero-order chi connectivity index (χ0) is 9.40. The van der Waals surface area contributed by atoms with Gasteiger partial charge in [0, 0.05) is 0 Å². The summed E-state index contributed by atoms with van der Waals surface area (Å²) in [6, 6.07) is -0.582. The molecule has 0 heterocycles. The van der Waals surface area contributed by atoms with Gasteiger partial charge in [0.2, 0.25) is 0 Å². The Morgan fingerprint density at radius 3 is 2.75 bits per heavy atom. The highest BCUT2D eigenvalue weighted by Gasteiger charge is 2.13. The molecule has 0 aliphatic rings. The van der Waals surface area contributed by atoms with Crippen LogP contribution in [0, 0.1) is 0 Å². The van der Waals surface area contributed by atoms with Crippen molar-refractivity contribution in [2.45, 2.75) is 32.2 Å². The molecule has 1 atom stereocenters. The van der Waals surface area contributed by atoms with Gasteiger partial charge in [0.15, 0.2) is 0 Å². The number of carboxylic acid groups (broad SMARTS) is 1. The third kappa shape index (κ3) is 4.85. The van der Waals surface area contributed by atoms with Gasteiger partial charge in [0.05, 0.1) is 0 Å². The minimum Gasteiger partial charge on any atom is -0.480 e. The molecule has 0 amide bonds. The van der Waals surface area contributed by atoms with Crippen molar-refractivity contribution in [1.29, 1.82) is 0 Å². The van der Waals surface area contributed by atoms with Gasteiger partial charge in [-0.2, -0.15) is 0 Å². The molecule has 0 aromatic carbocycles. The van der Waals surface area contributed by atoms with Crippen molar-refractivity contribution in [2.75, 3.05) is 6.54 Å². The van der Waals surface area contributed by atoms with Crippen LogP contribution in [0.3, 0.4) is 0 Å². The Morgan fingerprint density at radius 1 is 1.67 bits per heavy atom. The topological polar surface area (TPSA) is 75.7 Å². The lowest BCUT2D eigenvalue weighted by Crippen LogP contribution is -2.18. The SMILES string of the molecule is CC=N[C@@H](CCCCN)C(=O)O. The fourth-order valence-electron chi connectivity index (χ4n) is 0.924. The smallest absolute Gasteiger partial charge is 0.328 e. The molecule has 0 aliphatic carbocycles. The zero-order valence-electron chi connectivity index (χ0n) is 7.36. The van der Waals surface area contributed by atoms with Gasteiger partial charge in [-0.15, -0.1) is 0 Å². The highest BCUT2D eigenvalue weighted by atomic mass is 16.4. The van der Waals surface area contributed by atoms with Crippen LogP contribution < -0.4 is 5.73 Å². The van der Waals surface area contributed by atoms with E-state index in [1.54, 1.807) is 6.92 Å². The third-order valence-electron chi connectivity index (χ3n) is 1.55. The molecule has 4 nitrogen and oxygen atoms in total. The van der Waals surface area contributed by atoms with Crippen molar-refractivity contribution in [2.24, 2.45) is 10.7 Å². The molecule has 3 N–H and O–H groups in total. The summed E-state index contributed by atoms with van der Waals surface area (Å²) in [5.41, 5.74) is 5.28. The molecule has 0 saturated heterocycles. The van der Waals surface area contributed by atoms with E-state index in [4.69, 9.17) is 10.8 Å². The standard InChI is InChI=1S/C8H16N2O2/c1-2-10-7(8(11)12)5-3-4-6-9/h2,7H,3-6,9H2,1H3,(H,11,12)/t7-/m0/s1. The summed E-state index contributed by atoms with van der Waals surface area (Å²) in [6.45, 7) is 2.33. The molecule has 0 radical (unpaired) electrons. The first-order valence-corrected chi connectivity index (χ1v) is 4.13. The Labute approximate surface area is 72.5 Å². The van der Waals surface area contributed by atoms with Crippen LogP contribution in [-0.2, 0) is 4.79 Å². The number of aliphatic carboxylic acids is 1. The van der Waals surface area contributed by atoms with E-state index < -0.39 is 12.0 Å². The Kier molecular flexibility index (Phi) is 6.28. The van der Waals surface area contributed by atoms with E-state index in [-0.39, 0.29) is 0 Å². The van der Waals surface area contributed by atoms with Crippen LogP contribution >= 0.6 is 0 Å². The molecule has 0 aromatic rings. The summed E-state index contributed by atoms with van der Waals surface area (Å²) in [5, 5.41) is 8.66. The first-order valence-electron chi connectivity index (χ1n) is 4.13. The number of carboxylic acids is 1. The van der Waals surface area contributed by atoms with Crippen molar-refractivity contribution in [3.8, 4) is 0 Å². The maximum absolute atomic E-state index is 10.5. The van der Waals surface area contributed by atoms with Gasteiger partial charge in [-0.05, 0) is 38.9 Å². The Hall–Kier alpha value is -0.900. The maximum Gasteiger partial charge on any atom is 0.328 e. The normalized spacial score (nSPS) is 13.5. The Morgan fingerprint density at radius 2 is 2.33 bits per heavy atom. The molecule has 0 rings (SSSR count). The number of nitrogens with zero attached hydrogens (tertiary/aromatic N) is 1. The summed E-state index contributed by atoms with van der Waals surface area (Å²) in [5.74, 6) is -0.856. The Balaban J connectivity index is 3.72. The fourth-order valence-corrected chi connectivity index (χ4v) is 0.924. The number of hydrogen-bond donors (Lipinski definition) is 2. The fraction of sp³-hybridized carbons (Fsp3) is 0.750. The van der Waals surface area contributed by atoms with Gasteiger partial charge in [-0.3, -0.25) is 4.99 Å². The first kappa shape index (κ1) is 11.1. The summed E-state index contributed by atoms with van der Waals surface area (Å²) < 4.78 is 0. The van der Waals surface area contributed by atoms with E-state index in [1.807, 2.05) is 0 Å². The van der Waals surface area contributed by atoms with Crippen LogP contribution in [0.5, 0.6) is 0 Å². The number of aliphatic imine (C=N–C) groups is 1.